The Morgan fingerprint density at radius 3 is 1.46 bits per heavy atom. The molecule has 2 heterocycles. The van der Waals surface area contributed by atoms with E-state index in [-0.39, 0.29) is 19.3 Å². The molecule has 0 bridgehead atoms. The Morgan fingerprint density at radius 2 is 1.00 bits per heavy atom. The average Bonchev–Trinajstić information content (AvgIpc) is 3.81. The number of aromatic nitrogens is 2. The van der Waals surface area contributed by atoms with Crippen LogP contribution in [0.1, 0.15) is 57.6 Å². The molecule has 61 heavy (non-hydrogen) atoms. The van der Waals surface area contributed by atoms with Gasteiger partial charge in [-0.15, -0.1) is 0 Å². The molecular formula is C41H52N8O12. The largest absolute Gasteiger partial charge is 0.481 e. The minimum Gasteiger partial charge on any atom is -0.481 e. The van der Waals surface area contributed by atoms with Crippen molar-refractivity contribution in [2.45, 2.75) is 102 Å². The Kier molecular flexibility index (Phi) is 16.5. The van der Waals surface area contributed by atoms with Crippen LogP contribution in [0.25, 0.3) is 21.8 Å². The van der Waals surface area contributed by atoms with E-state index in [1.807, 2.05) is 0 Å². The van der Waals surface area contributed by atoms with Crippen LogP contribution in [0, 0.1) is 5.92 Å². The molecule has 0 fully saturated rings. The number of carboxylic acid groups (broad SMARTS) is 3. The summed E-state index contributed by atoms with van der Waals surface area (Å²) in [6, 6.07) is 5.34. The number of aliphatic carboxylic acids is 3. The maximum atomic E-state index is 14.3. The lowest BCUT2D eigenvalue weighted by Crippen LogP contribution is -2.61. The normalized spacial score (nSPS) is 14.8. The van der Waals surface area contributed by atoms with Crippen LogP contribution < -0.4 is 32.3 Å². The van der Waals surface area contributed by atoms with Gasteiger partial charge in [0.2, 0.25) is 29.5 Å². The second-order valence-electron chi connectivity index (χ2n) is 15.1. The number of benzene rings is 2. The first-order valence-electron chi connectivity index (χ1n) is 19.6. The summed E-state index contributed by atoms with van der Waals surface area (Å²) in [5.41, 5.74) is 8.60. The van der Waals surface area contributed by atoms with Crippen LogP contribution >= 0.6 is 0 Å². The Labute approximate surface area is 349 Å². The summed E-state index contributed by atoms with van der Waals surface area (Å²) in [6.45, 7) is 4.24. The third kappa shape index (κ3) is 13.1. The van der Waals surface area contributed by atoms with Crippen molar-refractivity contribution in [1.82, 2.24) is 36.6 Å². The number of aliphatic hydroxyl groups is 1. The lowest BCUT2D eigenvalue weighted by atomic mass is 10.0. The molecule has 328 valence electrons. The van der Waals surface area contributed by atoms with Crippen LogP contribution in [0.4, 0.5) is 0 Å². The molecule has 7 atom stereocenters. The van der Waals surface area contributed by atoms with E-state index >= 15 is 0 Å². The van der Waals surface area contributed by atoms with Gasteiger partial charge >= 0.3 is 17.9 Å². The van der Waals surface area contributed by atoms with Crippen molar-refractivity contribution in [2.75, 3.05) is 0 Å². The summed E-state index contributed by atoms with van der Waals surface area (Å²) in [5.74, 6) is -9.26. The molecule has 20 heteroatoms. The SMILES string of the molecule is CC(C)[C@H](NC(=O)[C@@H](NC(=O)[C@H](CCC(=O)O)NC(=O)[C@H](Cc1c[nH]c2ccccc12)NC(=O)[C@H](Cc1c[nH]c2ccccc12)NC(=O)[C@@H](N)CCC(=O)O)[C@@H](C)O)C(=O)O. The molecule has 0 spiro atoms. The van der Waals surface area contributed by atoms with Crippen LogP contribution in [0.3, 0.4) is 0 Å². The lowest BCUT2D eigenvalue weighted by Gasteiger charge is -2.28. The molecule has 0 unspecified atom stereocenters. The number of nitrogens with one attached hydrogen (secondary N) is 7. The Hall–Kier alpha value is -6.80. The van der Waals surface area contributed by atoms with Gasteiger partial charge in [0.25, 0.3) is 0 Å². The number of carbonyl (C=O) groups is 8. The molecule has 0 aliphatic heterocycles. The summed E-state index contributed by atoms with van der Waals surface area (Å²) in [6.07, 6.45) is -0.404. The predicted octanol–water partition coefficient (Wildman–Crippen LogP) is 0.0367. The zero-order chi connectivity index (χ0) is 45.0. The van der Waals surface area contributed by atoms with Crippen molar-refractivity contribution in [3.8, 4) is 0 Å². The molecule has 0 aliphatic rings. The zero-order valence-corrected chi connectivity index (χ0v) is 33.8. The standard InChI is InChI=1S/C41H52N8O12/c1-20(2)34(41(60)61)48-40(59)35(21(3)50)49-37(56)29(13-15-33(53)54)45-38(57)31(17-23-19-44-28-11-7-5-9-25(23)28)47-39(58)30(46-36(55)26(42)12-14-32(51)52)16-22-18-43-27-10-6-4-8-24(22)27/h4-11,18-21,26,29-31,34-35,43-44,50H,12-17,42H2,1-3H3,(H,45,57)(H,46,55)(H,47,58)(H,48,59)(H,49,56)(H,51,52)(H,53,54)(H,60,61)/t21-,26+,29+,30+,31+,34+,35+/m1/s1. The van der Waals surface area contributed by atoms with E-state index in [0.717, 1.165) is 17.8 Å². The van der Waals surface area contributed by atoms with Gasteiger partial charge in [-0.2, -0.15) is 0 Å². The maximum absolute atomic E-state index is 14.3. The number of amides is 5. The van der Waals surface area contributed by atoms with Gasteiger partial charge < -0.3 is 62.7 Å². The van der Waals surface area contributed by atoms with Crippen LogP contribution in [0.15, 0.2) is 60.9 Å². The highest BCUT2D eigenvalue weighted by Gasteiger charge is 2.35. The monoisotopic (exact) mass is 848 g/mol. The van der Waals surface area contributed by atoms with Crippen LogP contribution in [0.5, 0.6) is 0 Å². The Morgan fingerprint density at radius 1 is 0.574 bits per heavy atom. The van der Waals surface area contributed by atoms with E-state index in [4.69, 9.17) is 10.8 Å². The average molecular weight is 849 g/mol. The second kappa shape index (κ2) is 21.5. The maximum Gasteiger partial charge on any atom is 0.326 e. The highest BCUT2D eigenvalue weighted by molar-refractivity contribution is 5.97. The van der Waals surface area contributed by atoms with Crippen LogP contribution in [0.2, 0.25) is 0 Å². The number of hydrogen-bond donors (Lipinski definition) is 12. The molecule has 5 amide bonds. The molecule has 0 saturated heterocycles. The number of aromatic amines is 2. The summed E-state index contributed by atoms with van der Waals surface area (Å²) in [4.78, 5) is 110. The van der Waals surface area contributed by atoms with Gasteiger partial charge in [-0.3, -0.25) is 33.6 Å². The highest BCUT2D eigenvalue weighted by Crippen LogP contribution is 2.21. The predicted molar refractivity (Wildman–Crippen MR) is 220 cm³/mol. The first-order chi connectivity index (χ1) is 28.9. The lowest BCUT2D eigenvalue weighted by molar-refractivity contribution is -0.144. The second-order valence-corrected chi connectivity index (χ2v) is 15.1. The van der Waals surface area contributed by atoms with Crippen molar-refractivity contribution < 1.29 is 58.8 Å². The molecule has 0 saturated carbocycles. The zero-order valence-electron chi connectivity index (χ0n) is 33.8. The van der Waals surface area contributed by atoms with E-state index in [2.05, 4.69) is 36.6 Å². The molecule has 20 nitrogen and oxygen atoms in total. The third-order valence-electron chi connectivity index (χ3n) is 10.0. The number of H-pyrrole nitrogens is 2. The number of para-hydroxylation sites is 2. The Bertz CT molecular complexity index is 2230. The molecule has 2 aromatic carbocycles. The van der Waals surface area contributed by atoms with Crippen molar-refractivity contribution in [3.05, 3.63) is 72.1 Å². The first-order valence-corrected chi connectivity index (χ1v) is 19.6. The third-order valence-corrected chi connectivity index (χ3v) is 10.0. The van der Waals surface area contributed by atoms with Gasteiger partial charge in [0.15, 0.2) is 0 Å². The summed E-state index contributed by atoms with van der Waals surface area (Å²) in [5, 5.41) is 52.4. The van der Waals surface area contributed by atoms with Crippen LogP contribution in [-0.2, 0) is 51.2 Å². The molecule has 13 N–H and O–H groups in total. The fourth-order valence-electron chi connectivity index (χ4n) is 6.65. The highest BCUT2D eigenvalue weighted by atomic mass is 16.4. The number of nitrogens with two attached hydrogens (primary N) is 1. The fourth-order valence-corrected chi connectivity index (χ4v) is 6.65. The van der Waals surface area contributed by atoms with Gasteiger partial charge in [-0.05, 0) is 48.9 Å². The van der Waals surface area contributed by atoms with Gasteiger partial charge in [-0.1, -0.05) is 50.2 Å². The van der Waals surface area contributed by atoms with E-state index in [1.54, 1.807) is 60.9 Å². The molecule has 2 aromatic heterocycles. The molecular weight excluding hydrogens is 796 g/mol. The Balaban J connectivity index is 1.67. The van der Waals surface area contributed by atoms with Crippen molar-refractivity contribution in [2.24, 2.45) is 11.7 Å². The molecule has 0 aliphatic carbocycles. The minimum atomic E-state index is -1.73. The van der Waals surface area contributed by atoms with Crippen LogP contribution in [-0.4, -0.2) is 120 Å². The van der Waals surface area contributed by atoms with E-state index in [1.165, 1.54) is 13.8 Å². The smallest absolute Gasteiger partial charge is 0.326 e. The number of aliphatic hydroxyl groups excluding tert-OH is 1. The number of hydrogen-bond acceptors (Lipinski definition) is 10. The summed E-state index contributed by atoms with van der Waals surface area (Å²) < 4.78 is 0. The molecule has 4 rings (SSSR count). The number of fused-ring (bicyclic) bond motifs is 2. The first kappa shape index (κ1) is 46.9. The van der Waals surface area contributed by atoms with Gasteiger partial charge in [-0.25, -0.2) is 4.79 Å². The number of rotatable bonds is 23. The van der Waals surface area contributed by atoms with Crippen molar-refractivity contribution >= 4 is 69.2 Å². The van der Waals surface area contributed by atoms with E-state index in [9.17, 15) is 53.7 Å². The summed E-state index contributed by atoms with van der Waals surface area (Å²) >= 11 is 0. The van der Waals surface area contributed by atoms with Crippen molar-refractivity contribution in [1.29, 1.82) is 0 Å². The van der Waals surface area contributed by atoms with Gasteiger partial charge in [0.1, 0.15) is 30.2 Å². The van der Waals surface area contributed by atoms with Gasteiger partial charge in [0, 0.05) is 59.9 Å². The van der Waals surface area contributed by atoms with E-state index < -0.39 is 115 Å². The quantitative estimate of drug-likeness (QED) is 0.0470. The number of carbonyl (C=O) groups excluding carboxylic acids is 5. The number of carboxylic acids is 3. The molecule has 0 radical (unpaired) electrons. The summed E-state index contributed by atoms with van der Waals surface area (Å²) in [7, 11) is 0. The molecule has 4 aromatic rings. The minimum absolute atomic E-state index is 0.110. The van der Waals surface area contributed by atoms with Crippen molar-refractivity contribution in [3.63, 3.8) is 0 Å². The topological polar surface area (TPSA) is 335 Å². The van der Waals surface area contributed by atoms with Gasteiger partial charge in [0.05, 0.1) is 12.1 Å². The fraction of sp³-hybridized carbons (Fsp3) is 0.415. The van der Waals surface area contributed by atoms with E-state index in [0.29, 0.717) is 22.0 Å².